The first-order valence-electron chi connectivity index (χ1n) is 11.1. The molecule has 1 aliphatic rings. The second-order valence-electron chi connectivity index (χ2n) is 8.23. The third kappa shape index (κ3) is 4.83. The second-order valence-corrected chi connectivity index (χ2v) is 8.67. The van der Waals surface area contributed by atoms with Crippen LogP contribution < -0.4 is 0 Å². The van der Waals surface area contributed by atoms with Crippen LogP contribution in [0.3, 0.4) is 0 Å². The Labute approximate surface area is 197 Å². The molecule has 0 aliphatic carbocycles. The first kappa shape index (κ1) is 21.4. The Kier molecular flexibility index (Phi) is 6.21. The molecule has 33 heavy (non-hydrogen) atoms. The molecule has 1 atom stereocenters. The molecule has 0 radical (unpaired) electrons. The minimum atomic E-state index is -0.0114. The van der Waals surface area contributed by atoms with Gasteiger partial charge in [0.2, 0.25) is 11.7 Å². The van der Waals surface area contributed by atoms with Gasteiger partial charge in [-0.05, 0) is 55.2 Å². The van der Waals surface area contributed by atoms with Crippen molar-refractivity contribution in [3.05, 3.63) is 89.0 Å². The summed E-state index contributed by atoms with van der Waals surface area (Å²) in [6.45, 7) is 1.91. The number of amides is 1. The zero-order valence-corrected chi connectivity index (χ0v) is 18.9. The second kappa shape index (κ2) is 9.58. The SMILES string of the molecule is O=C(c1ccnn1CCc1ccccc1)N1CCCC(c2nc(-c3ccc(Cl)cc3)no2)C1. The first-order valence-corrected chi connectivity index (χ1v) is 11.5. The molecule has 3 heterocycles. The minimum absolute atomic E-state index is 0.0111. The molecule has 0 N–H and O–H groups in total. The summed E-state index contributed by atoms with van der Waals surface area (Å²) >= 11 is 5.97. The van der Waals surface area contributed by atoms with Gasteiger partial charge in [-0.15, -0.1) is 0 Å². The normalized spacial score (nSPS) is 16.2. The van der Waals surface area contributed by atoms with Crippen LogP contribution in [-0.2, 0) is 13.0 Å². The molecule has 0 saturated carbocycles. The van der Waals surface area contributed by atoms with Crippen molar-refractivity contribution in [2.24, 2.45) is 0 Å². The van der Waals surface area contributed by atoms with Crippen molar-refractivity contribution in [1.82, 2.24) is 24.8 Å². The number of nitrogens with zero attached hydrogens (tertiary/aromatic N) is 5. The molecule has 7 nitrogen and oxygen atoms in total. The molecule has 1 fully saturated rings. The molecule has 168 valence electrons. The molecular formula is C25H24ClN5O2. The van der Waals surface area contributed by atoms with Crippen molar-refractivity contribution < 1.29 is 9.32 Å². The summed E-state index contributed by atoms with van der Waals surface area (Å²) in [5.41, 5.74) is 2.68. The molecule has 1 unspecified atom stereocenters. The van der Waals surface area contributed by atoms with Gasteiger partial charge in [-0.3, -0.25) is 9.48 Å². The number of aryl methyl sites for hydroxylation is 2. The maximum absolute atomic E-state index is 13.3. The number of halogens is 1. The van der Waals surface area contributed by atoms with Crippen molar-refractivity contribution >= 4 is 17.5 Å². The van der Waals surface area contributed by atoms with Gasteiger partial charge in [0.1, 0.15) is 5.69 Å². The van der Waals surface area contributed by atoms with Gasteiger partial charge in [0.15, 0.2) is 0 Å². The predicted octanol–water partition coefficient (Wildman–Crippen LogP) is 4.85. The third-order valence-electron chi connectivity index (χ3n) is 5.99. The lowest BCUT2D eigenvalue weighted by atomic mass is 9.97. The van der Waals surface area contributed by atoms with Crippen molar-refractivity contribution in [3.63, 3.8) is 0 Å². The van der Waals surface area contributed by atoms with Crippen LogP contribution >= 0.6 is 11.6 Å². The van der Waals surface area contributed by atoms with Gasteiger partial charge in [-0.25, -0.2) is 0 Å². The Morgan fingerprint density at radius 3 is 2.73 bits per heavy atom. The van der Waals surface area contributed by atoms with Gasteiger partial charge < -0.3 is 9.42 Å². The van der Waals surface area contributed by atoms with E-state index in [0.717, 1.165) is 24.8 Å². The molecule has 2 aromatic heterocycles. The van der Waals surface area contributed by atoms with E-state index < -0.39 is 0 Å². The van der Waals surface area contributed by atoms with Crippen LogP contribution in [-0.4, -0.2) is 43.8 Å². The number of piperidine rings is 1. The number of likely N-dealkylation sites (tertiary alicyclic amines) is 1. The lowest BCUT2D eigenvalue weighted by molar-refractivity contribution is 0.0683. The van der Waals surface area contributed by atoms with Gasteiger partial charge in [-0.2, -0.15) is 10.1 Å². The lowest BCUT2D eigenvalue weighted by Gasteiger charge is -2.31. The summed E-state index contributed by atoms with van der Waals surface area (Å²) in [7, 11) is 0. The van der Waals surface area contributed by atoms with Crippen molar-refractivity contribution in [2.75, 3.05) is 13.1 Å². The van der Waals surface area contributed by atoms with E-state index >= 15 is 0 Å². The molecule has 8 heteroatoms. The molecule has 1 amide bonds. The number of hydrogen-bond acceptors (Lipinski definition) is 5. The fourth-order valence-electron chi connectivity index (χ4n) is 4.21. The van der Waals surface area contributed by atoms with Crippen LogP contribution in [0.1, 0.15) is 40.7 Å². The number of benzene rings is 2. The highest BCUT2D eigenvalue weighted by Gasteiger charge is 2.30. The Morgan fingerprint density at radius 1 is 1.09 bits per heavy atom. The largest absolute Gasteiger partial charge is 0.339 e. The number of rotatable bonds is 6. The van der Waals surface area contributed by atoms with Crippen LogP contribution in [0.2, 0.25) is 5.02 Å². The van der Waals surface area contributed by atoms with Crippen LogP contribution in [0.25, 0.3) is 11.4 Å². The van der Waals surface area contributed by atoms with Crippen molar-refractivity contribution in [2.45, 2.75) is 31.7 Å². The first-order chi connectivity index (χ1) is 16.2. The Bertz CT molecular complexity index is 1220. The monoisotopic (exact) mass is 461 g/mol. The minimum Gasteiger partial charge on any atom is -0.339 e. The van der Waals surface area contributed by atoms with E-state index in [-0.39, 0.29) is 11.8 Å². The molecule has 0 spiro atoms. The molecule has 1 aliphatic heterocycles. The summed E-state index contributed by atoms with van der Waals surface area (Å²) in [5, 5.41) is 9.18. The molecule has 2 aromatic carbocycles. The highest BCUT2D eigenvalue weighted by Crippen LogP contribution is 2.28. The topological polar surface area (TPSA) is 77.1 Å². The van der Waals surface area contributed by atoms with E-state index in [1.165, 1.54) is 5.56 Å². The Balaban J connectivity index is 1.26. The van der Waals surface area contributed by atoms with E-state index in [1.807, 2.05) is 35.2 Å². The van der Waals surface area contributed by atoms with Gasteiger partial charge in [0, 0.05) is 36.4 Å². The lowest BCUT2D eigenvalue weighted by Crippen LogP contribution is -2.40. The summed E-state index contributed by atoms with van der Waals surface area (Å²) < 4.78 is 7.37. The molecule has 4 aromatic rings. The van der Waals surface area contributed by atoms with E-state index in [9.17, 15) is 4.79 Å². The maximum atomic E-state index is 13.3. The van der Waals surface area contributed by atoms with Crippen LogP contribution in [0.15, 0.2) is 71.4 Å². The zero-order chi connectivity index (χ0) is 22.6. The fraction of sp³-hybridized carbons (Fsp3) is 0.280. The highest BCUT2D eigenvalue weighted by atomic mass is 35.5. The van der Waals surface area contributed by atoms with E-state index in [0.29, 0.717) is 42.1 Å². The van der Waals surface area contributed by atoms with Crippen LogP contribution in [0, 0.1) is 0 Å². The molecule has 1 saturated heterocycles. The van der Waals surface area contributed by atoms with Crippen LogP contribution in [0.4, 0.5) is 0 Å². The predicted molar refractivity (Wildman–Crippen MR) is 125 cm³/mol. The summed E-state index contributed by atoms with van der Waals surface area (Å²) in [6.07, 6.45) is 4.30. The summed E-state index contributed by atoms with van der Waals surface area (Å²) in [6, 6.07) is 19.3. The number of carbonyl (C=O) groups is 1. The maximum Gasteiger partial charge on any atom is 0.272 e. The highest BCUT2D eigenvalue weighted by molar-refractivity contribution is 6.30. The standard InChI is InChI=1S/C25H24ClN5O2/c26-21-10-8-19(9-11-21)23-28-24(33-29-23)20-7-4-15-30(17-20)25(32)22-12-14-27-31(22)16-13-18-5-2-1-3-6-18/h1-3,5-6,8-12,14,20H,4,7,13,15-17H2. The van der Waals surface area contributed by atoms with Gasteiger partial charge in [0.05, 0.1) is 5.92 Å². The number of carbonyl (C=O) groups excluding carboxylic acids is 1. The van der Waals surface area contributed by atoms with Crippen molar-refractivity contribution in [1.29, 1.82) is 0 Å². The molecular weight excluding hydrogens is 438 g/mol. The van der Waals surface area contributed by atoms with Crippen molar-refractivity contribution in [3.8, 4) is 11.4 Å². The quantitative estimate of drug-likeness (QED) is 0.410. The Morgan fingerprint density at radius 2 is 1.91 bits per heavy atom. The number of aromatic nitrogens is 4. The average molecular weight is 462 g/mol. The van der Waals surface area contributed by atoms with Gasteiger partial charge in [-0.1, -0.05) is 47.1 Å². The molecule has 5 rings (SSSR count). The smallest absolute Gasteiger partial charge is 0.272 e. The number of hydrogen-bond donors (Lipinski definition) is 0. The zero-order valence-electron chi connectivity index (χ0n) is 18.1. The van der Waals surface area contributed by atoms with E-state index in [4.69, 9.17) is 16.1 Å². The van der Waals surface area contributed by atoms with Gasteiger partial charge in [0.25, 0.3) is 5.91 Å². The van der Waals surface area contributed by atoms with Crippen LogP contribution in [0.5, 0.6) is 0 Å². The van der Waals surface area contributed by atoms with E-state index in [2.05, 4.69) is 27.4 Å². The summed E-state index contributed by atoms with van der Waals surface area (Å²) in [5.74, 6) is 1.10. The molecule has 0 bridgehead atoms. The summed E-state index contributed by atoms with van der Waals surface area (Å²) in [4.78, 5) is 19.8. The van der Waals surface area contributed by atoms with Gasteiger partial charge >= 0.3 is 0 Å². The fourth-order valence-corrected chi connectivity index (χ4v) is 4.34. The average Bonchev–Trinajstić information content (AvgIpc) is 3.54. The Hall–Kier alpha value is -3.45. The third-order valence-corrected chi connectivity index (χ3v) is 6.24. The van der Waals surface area contributed by atoms with E-state index in [1.54, 1.807) is 29.1 Å².